The molecule has 0 bridgehead atoms. The number of halogens is 2. The van der Waals surface area contributed by atoms with E-state index in [1.54, 1.807) is 19.1 Å². The van der Waals surface area contributed by atoms with Gasteiger partial charge in [-0.05, 0) is 18.4 Å². The standard InChI is InChI=1S/C14H18F2O/c1-2-7-14(15,16)12-5-3-11(4-6-12)13(10-17)8-9-13/h3-6,17H,2,7-10H2,1H3. The van der Waals surface area contributed by atoms with Crippen molar-refractivity contribution in [3.05, 3.63) is 35.4 Å². The molecule has 1 saturated carbocycles. The minimum Gasteiger partial charge on any atom is -0.395 e. The second-order valence-electron chi connectivity index (χ2n) is 4.97. The van der Waals surface area contributed by atoms with E-state index in [-0.39, 0.29) is 24.0 Å². The number of rotatable bonds is 5. The summed E-state index contributed by atoms with van der Waals surface area (Å²) in [5, 5.41) is 9.28. The summed E-state index contributed by atoms with van der Waals surface area (Å²) < 4.78 is 27.3. The van der Waals surface area contributed by atoms with Crippen molar-refractivity contribution < 1.29 is 13.9 Å². The van der Waals surface area contributed by atoms with Crippen molar-refractivity contribution in [3.8, 4) is 0 Å². The molecule has 1 aromatic rings. The van der Waals surface area contributed by atoms with E-state index in [2.05, 4.69) is 0 Å². The van der Waals surface area contributed by atoms with Crippen LogP contribution in [0.2, 0.25) is 0 Å². The average molecular weight is 240 g/mol. The van der Waals surface area contributed by atoms with Crippen molar-refractivity contribution in [2.45, 2.75) is 43.9 Å². The van der Waals surface area contributed by atoms with Crippen LogP contribution in [0.1, 0.15) is 43.7 Å². The second kappa shape index (κ2) is 4.37. The molecule has 1 fully saturated rings. The van der Waals surface area contributed by atoms with Gasteiger partial charge in [0.2, 0.25) is 0 Å². The molecule has 1 aromatic carbocycles. The maximum atomic E-state index is 13.6. The Morgan fingerprint density at radius 3 is 2.24 bits per heavy atom. The van der Waals surface area contributed by atoms with Crippen molar-refractivity contribution >= 4 is 0 Å². The normalized spacial score (nSPS) is 18.1. The summed E-state index contributed by atoms with van der Waals surface area (Å²) in [6.45, 7) is 1.87. The molecule has 0 heterocycles. The van der Waals surface area contributed by atoms with Crippen molar-refractivity contribution in [2.75, 3.05) is 6.61 Å². The summed E-state index contributed by atoms with van der Waals surface area (Å²) in [6, 6.07) is 6.48. The van der Waals surface area contributed by atoms with Gasteiger partial charge in [-0.1, -0.05) is 37.6 Å². The summed E-state index contributed by atoms with van der Waals surface area (Å²) in [5.74, 6) is -2.73. The Hall–Kier alpha value is -0.960. The SMILES string of the molecule is CCCC(F)(F)c1ccc(C2(CO)CC2)cc1. The summed E-state index contributed by atoms with van der Waals surface area (Å²) in [7, 11) is 0. The summed E-state index contributed by atoms with van der Waals surface area (Å²) in [4.78, 5) is 0. The quantitative estimate of drug-likeness (QED) is 0.833. The molecular weight excluding hydrogens is 222 g/mol. The zero-order chi connectivity index (χ0) is 12.5. The van der Waals surface area contributed by atoms with E-state index in [4.69, 9.17) is 0 Å². The molecular formula is C14H18F2O. The van der Waals surface area contributed by atoms with Crippen LogP contribution in [0.3, 0.4) is 0 Å². The molecule has 0 unspecified atom stereocenters. The highest BCUT2D eigenvalue weighted by Gasteiger charge is 2.43. The van der Waals surface area contributed by atoms with Gasteiger partial charge < -0.3 is 5.11 Å². The fourth-order valence-electron chi connectivity index (χ4n) is 2.21. The molecule has 0 saturated heterocycles. The average Bonchev–Trinajstić information content (AvgIpc) is 3.10. The van der Waals surface area contributed by atoms with Crippen molar-refractivity contribution in [2.24, 2.45) is 0 Å². The second-order valence-corrected chi connectivity index (χ2v) is 4.97. The number of hydrogen-bond donors (Lipinski definition) is 1. The molecule has 2 rings (SSSR count). The third-order valence-electron chi connectivity index (χ3n) is 3.64. The number of alkyl halides is 2. The Labute approximate surface area is 100 Å². The van der Waals surface area contributed by atoms with Crippen molar-refractivity contribution in [1.82, 2.24) is 0 Å². The lowest BCUT2D eigenvalue weighted by Crippen LogP contribution is -2.15. The monoisotopic (exact) mass is 240 g/mol. The van der Waals surface area contributed by atoms with E-state index >= 15 is 0 Å². The zero-order valence-electron chi connectivity index (χ0n) is 10.0. The van der Waals surface area contributed by atoms with Gasteiger partial charge in [-0.2, -0.15) is 0 Å². The largest absolute Gasteiger partial charge is 0.395 e. The van der Waals surface area contributed by atoms with Gasteiger partial charge in [0.25, 0.3) is 5.92 Å². The first-order valence-electron chi connectivity index (χ1n) is 6.14. The molecule has 0 radical (unpaired) electrons. The predicted octanol–water partition coefficient (Wildman–Crippen LogP) is 3.60. The van der Waals surface area contributed by atoms with Crippen LogP contribution in [0.4, 0.5) is 8.78 Å². The Balaban J connectivity index is 2.18. The molecule has 0 atom stereocenters. The third-order valence-corrected chi connectivity index (χ3v) is 3.64. The van der Waals surface area contributed by atoms with E-state index < -0.39 is 5.92 Å². The number of benzene rings is 1. The number of aliphatic hydroxyl groups excluding tert-OH is 1. The van der Waals surface area contributed by atoms with Crippen LogP contribution in [0.5, 0.6) is 0 Å². The van der Waals surface area contributed by atoms with E-state index in [0.29, 0.717) is 6.42 Å². The number of aliphatic hydroxyl groups is 1. The Morgan fingerprint density at radius 2 is 1.82 bits per heavy atom. The van der Waals surface area contributed by atoms with Gasteiger partial charge in [-0.15, -0.1) is 0 Å². The smallest absolute Gasteiger partial charge is 0.273 e. The highest BCUT2D eigenvalue weighted by Crippen LogP contribution is 2.48. The van der Waals surface area contributed by atoms with Crippen LogP contribution in [0.15, 0.2) is 24.3 Å². The van der Waals surface area contributed by atoms with E-state index in [1.165, 1.54) is 12.1 Å². The first kappa shape index (κ1) is 12.5. The van der Waals surface area contributed by atoms with Crippen LogP contribution in [-0.4, -0.2) is 11.7 Å². The molecule has 1 aliphatic rings. The summed E-state index contributed by atoms with van der Waals surface area (Å²) >= 11 is 0. The van der Waals surface area contributed by atoms with Gasteiger partial charge in [-0.3, -0.25) is 0 Å². The van der Waals surface area contributed by atoms with Crippen LogP contribution in [0, 0.1) is 0 Å². The van der Waals surface area contributed by atoms with Crippen LogP contribution >= 0.6 is 0 Å². The fraction of sp³-hybridized carbons (Fsp3) is 0.571. The zero-order valence-corrected chi connectivity index (χ0v) is 10.0. The first-order chi connectivity index (χ1) is 8.04. The molecule has 1 N–H and O–H groups in total. The van der Waals surface area contributed by atoms with Gasteiger partial charge in [0.1, 0.15) is 0 Å². The lowest BCUT2D eigenvalue weighted by Gasteiger charge is -2.18. The molecule has 0 spiro atoms. The van der Waals surface area contributed by atoms with E-state index in [0.717, 1.165) is 18.4 Å². The molecule has 3 heteroatoms. The van der Waals surface area contributed by atoms with E-state index in [9.17, 15) is 13.9 Å². The van der Waals surface area contributed by atoms with Gasteiger partial charge in [-0.25, -0.2) is 8.78 Å². The molecule has 0 aliphatic heterocycles. The fourth-order valence-corrected chi connectivity index (χ4v) is 2.21. The van der Waals surface area contributed by atoms with Crippen molar-refractivity contribution in [3.63, 3.8) is 0 Å². The van der Waals surface area contributed by atoms with Crippen LogP contribution in [-0.2, 0) is 11.3 Å². The lowest BCUT2D eigenvalue weighted by molar-refractivity contribution is -0.0140. The Kier molecular flexibility index (Phi) is 3.21. The first-order valence-corrected chi connectivity index (χ1v) is 6.14. The van der Waals surface area contributed by atoms with Gasteiger partial charge in [0.15, 0.2) is 0 Å². The molecule has 0 amide bonds. The lowest BCUT2D eigenvalue weighted by atomic mass is 9.94. The highest BCUT2D eigenvalue weighted by molar-refractivity contribution is 5.35. The Morgan fingerprint density at radius 1 is 1.24 bits per heavy atom. The third kappa shape index (κ3) is 2.34. The topological polar surface area (TPSA) is 20.2 Å². The Bertz CT molecular complexity index is 380. The van der Waals surface area contributed by atoms with Crippen LogP contribution in [0.25, 0.3) is 0 Å². The molecule has 0 aromatic heterocycles. The predicted molar refractivity (Wildman–Crippen MR) is 63.2 cm³/mol. The summed E-state index contributed by atoms with van der Waals surface area (Å²) in [6.07, 6.45) is 2.26. The van der Waals surface area contributed by atoms with Gasteiger partial charge in [0, 0.05) is 17.4 Å². The molecule has 1 nitrogen and oxygen atoms in total. The molecule has 94 valence electrons. The molecule has 17 heavy (non-hydrogen) atoms. The summed E-state index contributed by atoms with van der Waals surface area (Å²) in [5.41, 5.74) is 0.923. The maximum Gasteiger partial charge on any atom is 0.273 e. The van der Waals surface area contributed by atoms with Crippen molar-refractivity contribution in [1.29, 1.82) is 0 Å². The molecule has 1 aliphatic carbocycles. The minimum atomic E-state index is -2.73. The highest BCUT2D eigenvalue weighted by atomic mass is 19.3. The number of hydrogen-bond acceptors (Lipinski definition) is 1. The maximum absolute atomic E-state index is 13.6. The minimum absolute atomic E-state index is 0.0804. The van der Waals surface area contributed by atoms with E-state index in [1.807, 2.05) is 0 Å². The van der Waals surface area contributed by atoms with Crippen LogP contribution < -0.4 is 0 Å². The van der Waals surface area contributed by atoms with Gasteiger partial charge >= 0.3 is 0 Å². The van der Waals surface area contributed by atoms with Gasteiger partial charge in [0.05, 0.1) is 6.61 Å².